The minimum Gasteiger partial charge on any atom is -0.409 e. The highest BCUT2D eigenvalue weighted by atomic mass is 16.4. The molecule has 0 spiro atoms. The van der Waals surface area contributed by atoms with Crippen LogP contribution in [0.1, 0.15) is 52.9 Å². The predicted octanol–water partition coefficient (Wildman–Crippen LogP) is 2.66. The van der Waals surface area contributed by atoms with Gasteiger partial charge in [0.1, 0.15) is 5.84 Å². The summed E-state index contributed by atoms with van der Waals surface area (Å²) in [6.45, 7) is 10.0. The van der Waals surface area contributed by atoms with Crippen LogP contribution in [-0.4, -0.2) is 35.6 Å². The van der Waals surface area contributed by atoms with Gasteiger partial charge in [0, 0.05) is 5.41 Å². The monoisotopic (exact) mass is 255 g/mol. The van der Waals surface area contributed by atoms with Crippen molar-refractivity contribution >= 4 is 5.84 Å². The topological polar surface area (TPSA) is 61.8 Å². The molecule has 1 saturated heterocycles. The zero-order valence-corrected chi connectivity index (χ0v) is 12.2. The van der Waals surface area contributed by atoms with Crippen LogP contribution in [0.4, 0.5) is 0 Å². The Bertz CT molecular complexity index is 276. The molecule has 106 valence electrons. The molecule has 4 nitrogen and oxygen atoms in total. The van der Waals surface area contributed by atoms with E-state index in [1.54, 1.807) is 0 Å². The van der Waals surface area contributed by atoms with Crippen LogP contribution in [0.5, 0.6) is 0 Å². The molecule has 1 unspecified atom stereocenters. The number of nitrogens with zero attached hydrogens (tertiary/aromatic N) is 2. The molecule has 1 fully saturated rings. The summed E-state index contributed by atoms with van der Waals surface area (Å²) in [4.78, 5) is 2.56. The first-order valence-corrected chi connectivity index (χ1v) is 7.16. The van der Waals surface area contributed by atoms with Gasteiger partial charge in [0.15, 0.2) is 0 Å². The second kappa shape index (κ2) is 6.98. The number of hydrogen-bond acceptors (Lipinski definition) is 3. The molecule has 3 N–H and O–H groups in total. The van der Waals surface area contributed by atoms with E-state index in [4.69, 9.17) is 10.9 Å². The van der Waals surface area contributed by atoms with E-state index in [2.05, 4.69) is 17.0 Å². The summed E-state index contributed by atoms with van der Waals surface area (Å²) in [6, 6.07) is 0. The summed E-state index contributed by atoms with van der Waals surface area (Å²) in [5.74, 6) is 1.22. The van der Waals surface area contributed by atoms with Gasteiger partial charge in [-0.05, 0) is 57.7 Å². The molecule has 0 radical (unpaired) electrons. The first-order chi connectivity index (χ1) is 8.45. The highest BCUT2D eigenvalue weighted by Gasteiger charge is 2.23. The van der Waals surface area contributed by atoms with Gasteiger partial charge in [-0.1, -0.05) is 25.9 Å². The van der Waals surface area contributed by atoms with Crippen molar-refractivity contribution in [3.63, 3.8) is 0 Å². The lowest BCUT2D eigenvalue weighted by atomic mass is 9.86. The van der Waals surface area contributed by atoms with Crippen LogP contribution in [0.2, 0.25) is 0 Å². The fraction of sp³-hybridized carbons (Fsp3) is 0.929. The van der Waals surface area contributed by atoms with Crippen molar-refractivity contribution in [2.24, 2.45) is 22.2 Å². The smallest absolute Gasteiger partial charge is 0.144 e. The highest BCUT2D eigenvalue weighted by molar-refractivity contribution is 5.85. The lowest BCUT2D eigenvalue weighted by Crippen LogP contribution is -2.33. The Kier molecular flexibility index (Phi) is 5.93. The van der Waals surface area contributed by atoms with Crippen molar-refractivity contribution in [1.82, 2.24) is 4.90 Å². The van der Waals surface area contributed by atoms with Crippen LogP contribution in [0.3, 0.4) is 0 Å². The van der Waals surface area contributed by atoms with Gasteiger partial charge >= 0.3 is 0 Å². The fourth-order valence-corrected chi connectivity index (χ4v) is 2.55. The van der Waals surface area contributed by atoms with Gasteiger partial charge in [-0.25, -0.2) is 0 Å². The Morgan fingerprint density at radius 2 is 2.11 bits per heavy atom. The van der Waals surface area contributed by atoms with E-state index in [0.29, 0.717) is 5.84 Å². The fourth-order valence-electron chi connectivity index (χ4n) is 2.55. The van der Waals surface area contributed by atoms with Crippen LogP contribution in [-0.2, 0) is 0 Å². The minimum atomic E-state index is -0.201. The summed E-state index contributed by atoms with van der Waals surface area (Å²) in [5.41, 5.74) is 5.50. The lowest BCUT2D eigenvalue weighted by molar-refractivity contribution is 0.260. The first kappa shape index (κ1) is 15.3. The molecule has 0 bridgehead atoms. The number of likely N-dealkylation sites (tertiary alicyclic amines) is 1. The van der Waals surface area contributed by atoms with Crippen LogP contribution < -0.4 is 5.73 Å². The van der Waals surface area contributed by atoms with Gasteiger partial charge in [0.2, 0.25) is 0 Å². The van der Waals surface area contributed by atoms with Gasteiger partial charge in [0.05, 0.1) is 0 Å². The minimum absolute atomic E-state index is 0.201. The average Bonchev–Trinajstić information content (AvgIpc) is 2.53. The maximum Gasteiger partial charge on any atom is 0.144 e. The third-order valence-corrected chi connectivity index (χ3v) is 4.19. The molecule has 1 heterocycles. The predicted molar refractivity (Wildman–Crippen MR) is 75.9 cm³/mol. The number of oxime groups is 1. The molecule has 0 aromatic heterocycles. The highest BCUT2D eigenvalue weighted by Crippen LogP contribution is 2.23. The molecular weight excluding hydrogens is 226 g/mol. The van der Waals surface area contributed by atoms with Crippen molar-refractivity contribution in [3.05, 3.63) is 0 Å². The Morgan fingerprint density at radius 1 is 1.39 bits per heavy atom. The molecule has 1 atom stereocenters. The summed E-state index contributed by atoms with van der Waals surface area (Å²) in [5, 5.41) is 11.9. The van der Waals surface area contributed by atoms with Crippen LogP contribution in [0, 0.1) is 11.3 Å². The SMILES string of the molecule is CC1CCCN(CCCC(C)(C)C(N)=NO)CC1. The molecule has 0 amide bonds. The van der Waals surface area contributed by atoms with E-state index in [1.165, 1.54) is 32.4 Å². The Hall–Kier alpha value is -0.770. The van der Waals surface area contributed by atoms with E-state index >= 15 is 0 Å². The van der Waals surface area contributed by atoms with E-state index in [0.717, 1.165) is 25.3 Å². The number of rotatable bonds is 5. The molecule has 1 aliphatic heterocycles. The van der Waals surface area contributed by atoms with Crippen molar-refractivity contribution in [2.75, 3.05) is 19.6 Å². The zero-order valence-electron chi connectivity index (χ0n) is 12.2. The quantitative estimate of drug-likeness (QED) is 0.343. The number of nitrogens with two attached hydrogens (primary N) is 1. The maximum absolute atomic E-state index is 8.74. The molecule has 0 aromatic carbocycles. The normalized spacial score (nSPS) is 23.9. The molecule has 1 aliphatic rings. The van der Waals surface area contributed by atoms with Gasteiger partial charge < -0.3 is 15.8 Å². The second-order valence-corrected chi connectivity index (χ2v) is 6.35. The van der Waals surface area contributed by atoms with Crippen molar-refractivity contribution in [2.45, 2.75) is 52.9 Å². The van der Waals surface area contributed by atoms with Crippen LogP contribution in [0.15, 0.2) is 5.16 Å². The number of amidine groups is 1. The molecule has 18 heavy (non-hydrogen) atoms. The summed E-state index contributed by atoms with van der Waals surface area (Å²) in [7, 11) is 0. The van der Waals surface area contributed by atoms with E-state index in [-0.39, 0.29) is 5.41 Å². The molecule has 4 heteroatoms. The summed E-state index contributed by atoms with van der Waals surface area (Å²) < 4.78 is 0. The van der Waals surface area contributed by atoms with E-state index in [9.17, 15) is 0 Å². The first-order valence-electron chi connectivity index (χ1n) is 7.16. The largest absolute Gasteiger partial charge is 0.409 e. The standard InChI is InChI=1S/C14H29N3O/c1-12-6-4-9-17(11-7-12)10-5-8-14(2,3)13(15)16-18/h12,18H,4-11H2,1-3H3,(H2,15,16). The van der Waals surface area contributed by atoms with Crippen molar-refractivity contribution < 1.29 is 5.21 Å². The average molecular weight is 255 g/mol. The Morgan fingerprint density at radius 3 is 2.78 bits per heavy atom. The van der Waals surface area contributed by atoms with Gasteiger partial charge in [-0.2, -0.15) is 0 Å². The Labute approximate surface area is 111 Å². The van der Waals surface area contributed by atoms with E-state index in [1.807, 2.05) is 13.8 Å². The lowest BCUT2D eigenvalue weighted by Gasteiger charge is -2.25. The van der Waals surface area contributed by atoms with Crippen LogP contribution in [0.25, 0.3) is 0 Å². The maximum atomic E-state index is 8.74. The van der Waals surface area contributed by atoms with Crippen LogP contribution >= 0.6 is 0 Å². The van der Waals surface area contributed by atoms with Gasteiger partial charge in [0.25, 0.3) is 0 Å². The summed E-state index contributed by atoms with van der Waals surface area (Å²) >= 11 is 0. The summed E-state index contributed by atoms with van der Waals surface area (Å²) in [6.07, 6.45) is 6.09. The zero-order chi connectivity index (χ0) is 13.6. The third-order valence-electron chi connectivity index (χ3n) is 4.19. The van der Waals surface area contributed by atoms with Gasteiger partial charge in [-0.15, -0.1) is 0 Å². The molecule has 0 aliphatic carbocycles. The molecule has 0 aromatic rings. The Balaban J connectivity index is 2.29. The molecule has 1 rings (SSSR count). The molecule has 0 saturated carbocycles. The number of hydrogen-bond donors (Lipinski definition) is 2. The van der Waals surface area contributed by atoms with Crippen molar-refractivity contribution in [3.8, 4) is 0 Å². The van der Waals surface area contributed by atoms with E-state index < -0.39 is 0 Å². The van der Waals surface area contributed by atoms with Gasteiger partial charge in [-0.3, -0.25) is 0 Å². The molecular formula is C14H29N3O. The van der Waals surface area contributed by atoms with Crippen molar-refractivity contribution in [1.29, 1.82) is 0 Å². The third kappa shape index (κ3) is 4.84. The second-order valence-electron chi connectivity index (χ2n) is 6.35.